The van der Waals surface area contributed by atoms with E-state index < -0.39 is 18.1 Å². The normalized spacial score (nSPS) is 24.9. The van der Waals surface area contributed by atoms with Crippen LogP contribution in [0.3, 0.4) is 0 Å². The Morgan fingerprint density at radius 2 is 1.55 bits per heavy atom. The van der Waals surface area contributed by atoms with Crippen molar-refractivity contribution in [1.29, 1.82) is 0 Å². The van der Waals surface area contributed by atoms with E-state index in [4.69, 9.17) is 4.74 Å². The lowest BCUT2D eigenvalue weighted by Crippen LogP contribution is -2.42. The summed E-state index contributed by atoms with van der Waals surface area (Å²) in [6.45, 7) is 0.194. The molecule has 2 saturated carbocycles. The Morgan fingerprint density at radius 3 is 2.14 bits per heavy atom. The topological polar surface area (TPSA) is 75.6 Å². The summed E-state index contributed by atoms with van der Waals surface area (Å²) in [6.07, 6.45) is 3.34. The largest absolute Gasteiger partial charge is 0.480 e. The second-order valence-electron chi connectivity index (χ2n) is 8.69. The van der Waals surface area contributed by atoms with Crippen molar-refractivity contribution in [3.63, 3.8) is 0 Å². The van der Waals surface area contributed by atoms with Gasteiger partial charge in [-0.1, -0.05) is 48.5 Å². The van der Waals surface area contributed by atoms with Crippen LogP contribution in [0.1, 0.15) is 42.7 Å². The van der Waals surface area contributed by atoms with Crippen molar-refractivity contribution in [2.24, 2.45) is 17.8 Å². The Morgan fingerprint density at radius 1 is 0.966 bits per heavy atom. The summed E-state index contributed by atoms with van der Waals surface area (Å²) in [4.78, 5) is 24.0. The number of fused-ring (bicyclic) bond motifs is 4. The zero-order valence-electron chi connectivity index (χ0n) is 16.2. The maximum Gasteiger partial charge on any atom is 0.407 e. The SMILES string of the molecule is O=C(NC(CC1CC2CC2C1)C(=O)O)OCC1c2ccccc2-c2ccccc21. The second-order valence-corrected chi connectivity index (χ2v) is 8.69. The fraction of sp³-hybridized carbons (Fsp3) is 0.417. The van der Waals surface area contributed by atoms with Gasteiger partial charge >= 0.3 is 12.1 Å². The molecule has 0 heterocycles. The minimum Gasteiger partial charge on any atom is -0.480 e. The van der Waals surface area contributed by atoms with E-state index in [1.807, 2.05) is 24.3 Å². The van der Waals surface area contributed by atoms with Crippen molar-refractivity contribution in [2.45, 2.75) is 37.6 Å². The van der Waals surface area contributed by atoms with Gasteiger partial charge in [-0.2, -0.15) is 0 Å². The maximum absolute atomic E-state index is 12.4. The Kier molecular flexibility index (Phi) is 4.53. The van der Waals surface area contributed by atoms with Crippen LogP contribution in [-0.2, 0) is 9.53 Å². The number of amides is 1. The van der Waals surface area contributed by atoms with Crippen LogP contribution < -0.4 is 5.32 Å². The molecule has 0 aromatic heterocycles. The van der Waals surface area contributed by atoms with Crippen LogP contribution in [0.15, 0.2) is 48.5 Å². The van der Waals surface area contributed by atoms with Gasteiger partial charge in [0.1, 0.15) is 12.6 Å². The standard InChI is InChI=1S/C24H25NO4/c26-23(27)22(11-14-9-15-12-16(15)10-14)25-24(28)29-13-21-19-7-3-1-5-17(19)18-6-2-4-8-20(18)21/h1-8,14-16,21-22H,9-13H2,(H,25,28)(H,26,27). The molecular formula is C24H25NO4. The fourth-order valence-corrected chi connectivity index (χ4v) is 5.37. The van der Waals surface area contributed by atoms with E-state index in [1.165, 1.54) is 17.5 Å². The molecule has 5 heteroatoms. The quantitative estimate of drug-likeness (QED) is 0.765. The molecule has 2 fully saturated rings. The van der Waals surface area contributed by atoms with Crippen LogP contribution in [0.2, 0.25) is 0 Å². The number of carbonyl (C=O) groups excluding carboxylic acids is 1. The summed E-state index contributed by atoms with van der Waals surface area (Å²) in [5.74, 6) is 0.971. The lowest BCUT2D eigenvalue weighted by molar-refractivity contribution is -0.139. The first-order chi connectivity index (χ1) is 14.1. The lowest BCUT2D eigenvalue weighted by Gasteiger charge is -2.20. The van der Waals surface area contributed by atoms with Crippen LogP contribution in [0.4, 0.5) is 4.79 Å². The molecule has 2 aromatic rings. The van der Waals surface area contributed by atoms with Crippen molar-refractivity contribution in [3.05, 3.63) is 59.7 Å². The molecule has 3 aliphatic carbocycles. The molecule has 3 unspecified atom stereocenters. The summed E-state index contributed by atoms with van der Waals surface area (Å²) in [7, 11) is 0. The van der Waals surface area contributed by atoms with Crippen molar-refractivity contribution >= 4 is 12.1 Å². The maximum atomic E-state index is 12.4. The van der Waals surface area contributed by atoms with E-state index in [0.29, 0.717) is 12.3 Å². The average Bonchev–Trinajstić information content (AvgIpc) is 3.20. The van der Waals surface area contributed by atoms with Gasteiger partial charge in [-0.05, 0) is 65.7 Å². The number of benzene rings is 2. The van der Waals surface area contributed by atoms with Gasteiger partial charge in [0, 0.05) is 5.92 Å². The van der Waals surface area contributed by atoms with Crippen LogP contribution in [0.25, 0.3) is 11.1 Å². The van der Waals surface area contributed by atoms with Gasteiger partial charge in [-0.25, -0.2) is 9.59 Å². The summed E-state index contributed by atoms with van der Waals surface area (Å²) >= 11 is 0. The van der Waals surface area contributed by atoms with E-state index in [9.17, 15) is 14.7 Å². The zero-order chi connectivity index (χ0) is 20.0. The number of carboxylic acids is 1. The van der Waals surface area contributed by atoms with Crippen LogP contribution in [-0.4, -0.2) is 29.8 Å². The fourth-order valence-electron chi connectivity index (χ4n) is 5.37. The average molecular weight is 391 g/mol. The Labute approximate surface area is 170 Å². The lowest BCUT2D eigenvalue weighted by atomic mass is 9.95. The number of nitrogens with one attached hydrogen (secondary N) is 1. The number of rotatable bonds is 6. The molecular weight excluding hydrogens is 366 g/mol. The molecule has 2 aromatic carbocycles. The van der Waals surface area contributed by atoms with Gasteiger partial charge in [0.15, 0.2) is 0 Å². The molecule has 0 spiro atoms. The number of aliphatic carboxylic acids is 1. The van der Waals surface area contributed by atoms with Crippen molar-refractivity contribution in [3.8, 4) is 11.1 Å². The minimum absolute atomic E-state index is 0.0293. The van der Waals surface area contributed by atoms with Gasteiger partial charge < -0.3 is 15.2 Å². The highest BCUT2D eigenvalue weighted by Gasteiger charge is 2.46. The monoisotopic (exact) mass is 391 g/mol. The van der Waals surface area contributed by atoms with Gasteiger partial charge in [0.05, 0.1) is 0 Å². The molecule has 5 nitrogen and oxygen atoms in total. The molecule has 0 bridgehead atoms. The first-order valence-corrected chi connectivity index (χ1v) is 10.4. The van der Waals surface area contributed by atoms with E-state index in [0.717, 1.165) is 35.8 Å². The molecule has 0 saturated heterocycles. The number of hydrogen-bond acceptors (Lipinski definition) is 3. The summed E-state index contributed by atoms with van der Waals surface area (Å²) in [6, 6.07) is 15.4. The van der Waals surface area contributed by atoms with Gasteiger partial charge in [0.2, 0.25) is 0 Å². The van der Waals surface area contributed by atoms with E-state index in [2.05, 4.69) is 29.6 Å². The highest BCUT2D eigenvalue weighted by Crippen LogP contribution is 2.55. The molecule has 5 rings (SSSR count). The van der Waals surface area contributed by atoms with E-state index in [-0.39, 0.29) is 12.5 Å². The highest BCUT2D eigenvalue weighted by molar-refractivity contribution is 5.81. The van der Waals surface area contributed by atoms with Crippen molar-refractivity contribution < 1.29 is 19.4 Å². The Bertz CT molecular complexity index is 900. The molecule has 2 N–H and O–H groups in total. The predicted molar refractivity (Wildman–Crippen MR) is 109 cm³/mol. The molecule has 0 aliphatic heterocycles. The third-order valence-electron chi connectivity index (χ3n) is 6.84. The number of carbonyl (C=O) groups is 2. The first kappa shape index (κ1) is 18.2. The third-order valence-corrected chi connectivity index (χ3v) is 6.84. The summed E-state index contributed by atoms with van der Waals surface area (Å²) in [5, 5.41) is 12.1. The predicted octanol–water partition coefficient (Wildman–Crippen LogP) is 4.41. The summed E-state index contributed by atoms with van der Waals surface area (Å²) < 4.78 is 5.50. The zero-order valence-corrected chi connectivity index (χ0v) is 16.2. The van der Waals surface area contributed by atoms with Crippen LogP contribution >= 0.6 is 0 Å². The Balaban J connectivity index is 1.22. The molecule has 1 amide bonds. The van der Waals surface area contributed by atoms with Crippen molar-refractivity contribution in [1.82, 2.24) is 5.32 Å². The van der Waals surface area contributed by atoms with Crippen molar-refractivity contribution in [2.75, 3.05) is 6.61 Å². The number of alkyl carbamates (subject to hydrolysis) is 1. The third kappa shape index (κ3) is 3.50. The number of hydrogen-bond donors (Lipinski definition) is 2. The second kappa shape index (κ2) is 7.21. The minimum atomic E-state index is -0.987. The van der Waals surface area contributed by atoms with Gasteiger partial charge in [0.25, 0.3) is 0 Å². The Hall–Kier alpha value is -2.82. The van der Waals surface area contributed by atoms with E-state index >= 15 is 0 Å². The van der Waals surface area contributed by atoms with Crippen LogP contribution in [0, 0.1) is 17.8 Å². The molecule has 3 atom stereocenters. The molecule has 0 radical (unpaired) electrons. The number of carboxylic acid groups (broad SMARTS) is 1. The number of ether oxygens (including phenoxy) is 1. The van der Waals surface area contributed by atoms with Crippen LogP contribution in [0.5, 0.6) is 0 Å². The van der Waals surface area contributed by atoms with Gasteiger partial charge in [-0.15, -0.1) is 0 Å². The molecule has 3 aliphatic rings. The van der Waals surface area contributed by atoms with Gasteiger partial charge in [-0.3, -0.25) is 0 Å². The smallest absolute Gasteiger partial charge is 0.407 e. The van der Waals surface area contributed by atoms with E-state index in [1.54, 1.807) is 0 Å². The molecule has 29 heavy (non-hydrogen) atoms. The first-order valence-electron chi connectivity index (χ1n) is 10.4. The highest BCUT2D eigenvalue weighted by atomic mass is 16.5. The molecule has 150 valence electrons. The summed E-state index contributed by atoms with van der Waals surface area (Å²) in [5.41, 5.74) is 4.61.